The van der Waals surface area contributed by atoms with Crippen molar-refractivity contribution >= 4 is 34.8 Å². The number of para-hydroxylation sites is 1. The van der Waals surface area contributed by atoms with Crippen LogP contribution < -0.4 is 15.5 Å². The summed E-state index contributed by atoms with van der Waals surface area (Å²) in [5, 5.41) is 5.64. The van der Waals surface area contributed by atoms with Crippen LogP contribution >= 0.6 is 11.6 Å². The Balaban J connectivity index is 1.39. The molecule has 1 saturated heterocycles. The van der Waals surface area contributed by atoms with Gasteiger partial charge in [-0.2, -0.15) is 0 Å². The van der Waals surface area contributed by atoms with E-state index in [2.05, 4.69) is 25.4 Å². The molecule has 0 unspecified atom stereocenters. The van der Waals surface area contributed by atoms with Gasteiger partial charge in [0.1, 0.15) is 5.82 Å². The summed E-state index contributed by atoms with van der Waals surface area (Å²) in [6.45, 7) is 3.22. The van der Waals surface area contributed by atoms with Gasteiger partial charge in [-0.3, -0.25) is 19.5 Å². The second kappa shape index (κ2) is 11.1. The maximum Gasteiger partial charge on any atom is 0.313 e. The average Bonchev–Trinajstić information content (AvgIpc) is 2.87. The largest absolute Gasteiger partial charge is 0.369 e. The van der Waals surface area contributed by atoms with E-state index in [1.807, 2.05) is 12.1 Å². The highest BCUT2D eigenvalue weighted by molar-refractivity contribution is 6.41. The van der Waals surface area contributed by atoms with Crippen LogP contribution in [-0.2, 0) is 9.59 Å². The fraction of sp³-hybridized carbons (Fsp3) is 0.240. The number of anilines is 2. The van der Waals surface area contributed by atoms with Gasteiger partial charge in [0.15, 0.2) is 0 Å². The van der Waals surface area contributed by atoms with E-state index in [1.165, 1.54) is 12.1 Å². The average molecular weight is 482 g/mol. The van der Waals surface area contributed by atoms with Gasteiger partial charge in [-0.15, -0.1) is 0 Å². The number of nitrogens with zero attached hydrogens (tertiary/aromatic N) is 3. The number of halogens is 2. The Labute approximate surface area is 202 Å². The Morgan fingerprint density at radius 1 is 0.971 bits per heavy atom. The predicted octanol–water partition coefficient (Wildman–Crippen LogP) is 3.49. The Hall–Kier alpha value is -3.49. The Kier molecular flexibility index (Phi) is 7.72. The second-order valence-electron chi connectivity index (χ2n) is 7.95. The van der Waals surface area contributed by atoms with Crippen LogP contribution in [-0.4, -0.2) is 54.4 Å². The zero-order valence-corrected chi connectivity index (χ0v) is 19.2. The van der Waals surface area contributed by atoms with Crippen LogP contribution in [0.4, 0.5) is 15.8 Å². The maximum absolute atomic E-state index is 13.3. The first-order chi connectivity index (χ1) is 16.5. The molecule has 0 spiro atoms. The summed E-state index contributed by atoms with van der Waals surface area (Å²) in [5.74, 6) is -1.77. The Bertz CT molecular complexity index is 1120. The third-order valence-corrected chi connectivity index (χ3v) is 6.13. The molecule has 7 nitrogen and oxygen atoms in total. The van der Waals surface area contributed by atoms with Gasteiger partial charge in [-0.05, 0) is 48.0 Å². The van der Waals surface area contributed by atoms with E-state index >= 15 is 0 Å². The Morgan fingerprint density at radius 2 is 1.71 bits per heavy atom. The van der Waals surface area contributed by atoms with Crippen molar-refractivity contribution in [1.82, 2.24) is 15.2 Å². The summed E-state index contributed by atoms with van der Waals surface area (Å²) in [6.07, 6.45) is 3.47. The molecule has 2 N–H and O–H groups in total. The van der Waals surface area contributed by atoms with E-state index in [1.54, 1.807) is 48.8 Å². The number of carbonyl (C=O) groups excluding carboxylic acids is 2. The van der Waals surface area contributed by atoms with Gasteiger partial charge in [-0.25, -0.2) is 4.39 Å². The number of rotatable bonds is 6. The lowest BCUT2D eigenvalue weighted by molar-refractivity contribution is -0.136. The van der Waals surface area contributed by atoms with Crippen molar-refractivity contribution in [3.05, 3.63) is 89.5 Å². The number of hydrogen-bond acceptors (Lipinski definition) is 5. The highest BCUT2D eigenvalue weighted by atomic mass is 35.5. The molecule has 9 heteroatoms. The van der Waals surface area contributed by atoms with E-state index < -0.39 is 11.8 Å². The lowest BCUT2D eigenvalue weighted by atomic mass is 10.1. The number of carbonyl (C=O) groups is 2. The van der Waals surface area contributed by atoms with Crippen LogP contribution in [0.25, 0.3) is 0 Å². The third-order valence-electron chi connectivity index (χ3n) is 5.80. The molecular weight excluding hydrogens is 457 g/mol. The smallest absolute Gasteiger partial charge is 0.313 e. The first-order valence-electron chi connectivity index (χ1n) is 11.0. The molecule has 2 heterocycles. The maximum atomic E-state index is 13.3. The van der Waals surface area contributed by atoms with Gasteiger partial charge in [0.25, 0.3) is 0 Å². The molecular formula is C25H25ClFN5O2. The van der Waals surface area contributed by atoms with Crippen LogP contribution in [0.2, 0.25) is 5.02 Å². The summed E-state index contributed by atoms with van der Waals surface area (Å²) >= 11 is 6.06. The van der Waals surface area contributed by atoms with Gasteiger partial charge >= 0.3 is 11.8 Å². The standard InChI is InChI=1S/C25H25ClFN5O2/c26-21-5-1-2-6-22(21)30-25(34)24(33)29-17-23(18-4-3-11-28-16-18)32-14-12-31(13-15-32)20-9-7-19(27)8-10-20/h1-11,16,23H,12-15,17H2,(H,29,33)(H,30,34)/t23-/m0/s1. The molecule has 0 saturated carbocycles. The second-order valence-corrected chi connectivity index (χ2v) is 8.35. The highest BCUT2D eigenvalue weighted by Gasteiger charge is 2.27. The summed E-state index contributed by atoms with van der Waals surface area (Å²) in [4.78, 5) is 33.5. The van der Waals surface area contributed by atoms with Gasteiger partial charge in [0.05, 0.1) is 16.8 Å². The Morgan fingerprint density at radius 3 is 2.38 bits per heavy atom. The molecule has 2 amide bonds. The zero-order valence-electron chi connectivity index (χ0n) is 18.5. The molecule has 1 fully saturated rings. The van der Waals surface area contributed by atoms with Crippen molar-refractivity contribution < 1.29 is 14.0 Å². The van der Waals surface area contributed by atoms with Crippen LogP contribution in [0.5, 0.6) is 0 Å². The van der Waals surface area contributed by atoms with Gasteiger partial charge < -0.3 is 15.5 Å². The predicted molar refractivity (Wildman–Crippen MR) is 130 cm³/mol. The molecule has 34 heavy (non-hydrogen) atoms. The van der Waals surface area contributed by atoms with E-state index in [-0.39, 0.29) is 18.4 Å². The van der Waals surface area contributed by atoms with Gasteiger partial charge in [0.2, 0.25) is 0 Å². The van der Waals surface area contributed by atoms with E-state index in [0.29, 0.717) is 10.7 Å². The molecule has 1 aromatic heterocycles. The van der Waals surface area contributed by atoms with E-state index in [4.69, 9.17) is 11.6 Å². The number of nitrogens with one attached hydrogen (secondary N) is 2. The van der Waals surface area contributed by atoms with Gasteiger partial charge in [-0.1, -0.05) is 29.8 Å². The van der Waals surface area contributed by atoms with Crippen LogP contribution in [0, 0.1) is 5.82 Å². The van der Waals surface area contributed by atoms with Crippen molar-refractivity contribution in [2.75, 3.05) is 42.9 Å². The molecule has 0 radical (unpaired) electrons. The number of piperazine rings is 1. The minimum atomic E-state index is -0.779. The summed E-state index contributed by atoms with van der Waals surface area (Å²) in [6, 6.07) is 16.9. The number of pyridine rings is 1. The first kappa shape index (κ1) is 23.7. The quantitative estimate of drug-likeness (QED) is 0.527. The van der Waals surface area contributed by atoms with E-state index in [9.17, 15) is 14.0 Å². The topological polar surface area (TPSA) is 77.6 Å². The number of hydrogen-bond donors (Lipinski definition) is 2. The van der Waals surface area contributed by atoms with Crippen LogP contribution in [0.3, 0.4) is 0 Å². The van der Waals surface area contributed by atoms with E-state index in [0.717, 1.165) is 37.4 Å². The zero-order chi connectivity index (χ0) is 23.9. The van der Waals surface area contributed by atoms with Crippen LogP contribution in [0.15, 0.2) is 73.1 Å². The van der Waals surface area contributed by atoms with Gasteiger partial charge in [0, 0.05) is 50.8 Å². The molecule has 3 aromatic rings. The molecule has 0 aliphatic carbocycles. The summed E-state index contributed by atoms with van der Waals surface area (Å²) in [5.41, 5.74) is 2.30. The van der Waals surface area contributed by atoms with Crippen molar-refractivity contribution in [3.63, 3.8) is 0 Å². The van der Waals surface area contributed by atoms with Crippen molar-refractivity contribution in [2.45, 2.75) is 6.04 Å². The summed E-state index contributed by atoms with van der Waals surface area (Å²) < 4.78 is 13.3. The summed E-state index contributed by atoms with van der Waals surface area (Å²) in [7, 11) is 0. The van der Waals surface area contributed by atoms with Crippen molar-refractivity contribution in [1.29, 1.82) is 0 Å². The number of aromatic nitrogens is 1. The molecule has 1 aliphatic heterocycles. The van der Waals surface area contributed by atoms with Crippen molar-refractivity contribution in [3.8, 4) is 0 Å². The highest BCUT2D eigenvalue weighted by Crippen LogP contribution is 2.24. The number of benzene rings is 2. The minimum absolute atomic E-state index is 0.152. The SMILES string of the molecule is O=C(NC[C@@H](c1cccnc1)N1CCN(c2ccc(F)cc2)CC1)C(=O)Nc1ccccc1Cl. The molecule has 1 atom stereocenters. The van der Waals surface area contributed by atoms with Crippen molar-refractivity contribution in [2.24, 2.45) is 0 Å². The molecule has 0 bridgehead atoms. The molecule has 1 aliphatic rings. The normalized spacial score (nSPS) is 14.9. The van der Waals surface area contributed by atoms with Crippen LogP contribution in [0.1, 0.15) is 11.6 Å². The fourth-order valence-electron chi connectivity index (χ4n) is 3.99. The monoisotopic (exact) mass is 481 g/mol. The minimum Gasteiger partial charge on any atom is -0.369 e. The lowest BCUT2D eigenvalue weighted by Gasteiger charge is -2.40. The number of amides is 2. The first-order valence-corrected chi connectivity index (χ1v) is 11.4. The lowest BCUT2D eigenvalue weighted by Crippen LogP contribution is -2.50. The molecule has 2 aromatic carbocycles. The third kappa shape index (κ3) is 5.89. The molecule has 4 rings (SSSR count). The fourth-order valence-corrected chi connectivity index (χ4v) is 4.17. The molecule has 176 valence electrons.